The number of carbonyl (C=O) groups is 2. The maximum absolute atomic E-state index is 13.2. The normalized spacial score (nSPS) is 12.6. The summed E-state index contributed by atoms with van der Waals surface area (Å²) in [4.78, 5) is 27.9. The Labute approximate surface area is 196 Å². The van der Waals surface area contributed by atoms with Crippen molar-refractivity contribution in [2.45, 2.75) is 57.9 Å². The Morgan fingerprint density at radius 1 is 1.00 bits per heavy atom. The van der Waals surface area contributed by atoms with E-state index in [9.17, 15) is 9.59 Å². The van der Waals surface area contributed by atoms with Gasteiger partial charge in [0.2, 0.25) is 11.8 Å². The van der Waals surface area contributed by atoms with Gasteiger partial charge in [-0.2, -0.15) is 0 Å². The van der Waals surface area contributed by atoms with Crippen molar-refractivity contribution < 1.29 is 14.3 Å². The van der Waals surface area contributed by atoms with Gasteiger partial charge in [0, 0.05) is 18.3 Å². The fourth-order valence-corrected chi connectivity index (χ4v) is 4.27. The molecule has 0 spiro atoms. The summed E-state index contributed by atoms with van der Waals surface area (Å²) < 4.78 is 5.20. The van der Waals surface area contributed by atoms with Crippen molar-refractivity contribution in [2.75, 3.05) is 19.4 Å². The van der Waals surface area contributed by atoms with Crippen molar-refractivity contribution in [2.24, 2.45) is 0 Å². The quantitative estimate of drug-likeness (QED) is 0.475. The van der Waals surface area contributed by atoms with Gasteiger partial charge in [0.05, 0.1) is 12.9 Å². The largest absolute Gasteiger partial charge is 0.497 e. The highest BCUT2D eigenvalue weighted by Gasteiger charge is 2.28. The van der Waals surface area contributed by atoms with Crippen LogP contribution in [0.15, 0.2) is 54.6 Å². The molecule has 0 fully saturated rings. The number of carbonyl (C=O) groups excluding carboxylic acids is 2. The summed E-state index contributed by atoms with van der Waals surface area (Å²) >= 11 is 1.57. The summed E-state index contributed by atoms with van der Waals surface area (Å²) in [7, 11) is 1.65. The summed E-state index contributed by atoms with van der Waals surface area (Å²) in [6, 6.07) is 17.6. The van der Waals surface area contributed by atoms with Crippen LogP contribution < -0.4 is 10.1 Å². The van der Waals surface area contributed by atoms with Crippen LogP contribution in [-0.4, -0.2) is 48.2 Å². The van der Waals surface area contributed by atoms with Gasteiger partial charge in [-0.1, -0.05) is 56.3 Å². The molecule has 0 saturated heterocycles. The van der Waals surface area contributed by atoms with Crippen molar-refractivity contribution in [1.82, 2.24) is 10.2 Å². The first-order valence-electron chi connectivity index (χ1n) is 11.3. The summed E-state index contributed by atoms with van der Waals surface area (Å²) in [5, 5.41) is 3.06. The summed E-state index contributed by atoms with van der Waals surface area (Å²) in [5.74, 6) is 1.83. The zero-order valence-corrected chi connectivity index (χ0v) is 20.5. The number of nitrogens with one attached hydrogen (secondary N) is 1. The highest BCUT2D eigenvalue weighted by Crippen LogP contribution is 2.18. The van der Waals surface area contributed by atoms with Crippen LogP contribution in [-0.2, 0) is 21.8 Å². The molecule has 32 heavy (non-hydrogen) atoms. The van der Waals surface area contributed by atoms with Gasteiger partial charge in [-0.05, 0) is 49.4 Å². The molecule has 0 aromatic heterocycles. The van der Waals surface area contributed by atoms with Crippen LogP contribution in [0.5, 0.6) is 5.75 Å². The predicted molar refractivity (Wildman–Crippen MR) is 133 cm³/mol. The van der Waals surface area contributed by atoms with Crippen LogP contribution in [0, 0.1) is 0 Å². The lowest BCUT2D eigenvalue weighted by Crippen LogP contribution is -2.52. The van der Waals surface area contributed by atoms with Crippen LogP contribution in [0.1, 0.15) is 44.7 Å². The second kappa shape index (κ2) is 13.8. The van der Waals surface area contributed by atoms with Gasteiger partial charge in [-0.15, -0.1) is 11.8 Å². The van der Waals surface area contributed by atoms with Gasteiger partial charge in [0.1, 0.15) is 11.8 Å². The fourth-order valence-electron chi connectivity index (χ4n) is 3.40. The van der Waals surface area contributed by atoms with E-state index in [2.05, 4.69) is 17.4 Å². The van der Waals surface area contributed by atoms with E-state index in [-0.39, 0.29) is 17.9 Å². The maximum Gasteiger partial charge on any atom is 0.243 e. The number of benzene rings is 2. The number of hydrogen-bond donors (Lipinski definition) is 1. The van der Waals surface area contributed by atoms with Gasteiger partial charge in [0.25, 0.3) is 0 Å². The molecular weight excluding hydrogens is 420 g/mol. The van der Waals surface area contributed by atoms with E-state index < -0.39 is 6.04 Å². The van der Waals surface area contributed by atoms with Gasteiger partial charge < -0.3 is 15.0 Å². The fraction of sp³-hybridized carbons (Fsp3) is 0.462. The number of amides is 2. The van der Waals surface area contributed by atoms with E-state index in [1.165, 1.54) is 0 Å². The van der Waals surface area contributed by atoms with E-state index >= 15 is 0 Å². The number of nitrogens with zero attached hydrogens (tertiary/aromatic N) is 1. The lowest BCUT2D eigenvalue weighted by Gasteiger charge is -2.31. The van der Waals surface area contributed by atoms with Crippen LogP contribution in [0.3, 0.4) is 0 Å². The molecule has 2 rings (SSSR count). The average Bonchev–Trinajstić information content (AvgIpc) is 2.82. The molecule has 5 nitrogen and oxygen atoms in total. The average molecular weight is 457 g/mol. The smallest absolute Gasteiger partial charge is 0.243 e. The topological polar surface area (TPSA) is 58.6 Å². The molecule has 2 atom stereocenters. The third-order valence-electron chi connectivity index (χ3n) is 5.52. The van der Waals surface area contributed by atoms with Crippen LogP contribution >= 0.6 is 11.8 Å². The molecular formula is C26H36N2O3S. The Morgan fingerprint density at radius 2 is 1.69 bits per heavy atom. The number of methoxy groups -OCH3 is 1. The second-order valence-corrected chi connectivity index (χ2v) is 8.89. The highest BCUT2D eigenvalue weighted by atomic mass is 32.2. The minimum Gasteiger partial charge on any atom is -0.497 e. The maximum atomic E-state index is 13.2. The minimum absolute atomic E-state index is 0.00518. The van der Waals surface area contributed by atoms with E-state index in [4.69, 9.17) is 4.74 Å². The minimum atomic E-state index is -0.457. The SMILES string of the molecule is CC[C@@H](C)NC(=O)[C@@H](CC)N(CCc1ccccc1)C(=O)CSCc1ccc(OC)cc1. The number of thioether (sulfide) groups is 1. The van der Waals surface area contributed by atoms with Gasteiger partial charge in [0.15, 0.2) is 0 Å². The van der Waals surface area contributed by atoms with E-state index in [0.29, 0.717) is 18.7 Å². The Kier molecular flexibility index (Phi) is 11.2. The molecule has 2 aromatic rings. The molecule has 1 N–H and O–H groups in total. The lowest BCUT2D eigenvalue weighted by molar-refractivity contribution is -0.139. The molecule has 2 aromatic carbocycles. The molecule has 0 bridgehead atoms. The number of hydrogen-bond acceptors (Lipinski definition) is 4. The van der Waals surface area contributed by atoms with E-state index in [0.717, 1.165) is 35.5 Å². The third kappa shape index (κ3) is 8.23. The third-order valence-corrected chi connectivity index (χ3v) is 6.51. The summed E-state index contributed by atoms with van der Waals surface area (Å²) in [6.45, 7) is 6.53. The molecule has 0 heterocycles. The molecule has 2 amide bonds. The molecule has 0 aliphatic heterocycles. The Morgan fingerprint density at radius 3 is 2.28 bits per heavy atom. The zero-order chi connectivity index (χ0) is 23.3. The van der Waals surface area contributed by atoms with Gasteiger partial charge >= 0.3 is 0 Å². The predicted octanol–water partition coefficient (Wildman–Crippen LogP) is 4.69. The van der Waals surface area contributed by atoms with Crippen molar-refractivity contribution >= 4 is 23.6 Å². The van der Waals surface area contributed by atoms with Crippen LogP contribution in [0.25, 0.3) is 0 Å². The summed E-state index contributed by atoms with van der Waals surface area (Å²) in [6.07, 6.45) is 2.17. The summed E-state index contributed by atoms with van der Waals surface area (Å²) in [5.41, 5.74) is 2.30. The second-order valence-electron chi connectivity index (χ2n) is 7.91. The van der Waals surface area contributed by atoms with Crippen LogP contribution in [0.4, 0.5) is 0 Å². The van der Waals surface area contributed by atoms with Crippen LogP contribution in [0.2, 0.25) is 0 Å². The lowest BCUT2D eigenvalue weighted by atomic mass is 10.1. The Balaban J connectivity index is 2.04. The first-order chi connectivity index (χ1) is 15.5. The number of ether oxygens (including phenoxy) is 1. The molecule has 0 unspecified atom stereocenters. The molecule has 0 radical (unpaired) electrons. The molecule has 174 valence electrons. The zero-order valence-electron chi connectivity index (χ0n) is 19.7. The molecule has 6 heteroatoms. The first kappa shape index (κ1) is 25.8. The Bertz CT molecular complexity index is 827. The Hall–Kier alpha value is -2.47. The van der Waals surface area contributed by atoms with Crippen molar-refractivity contribution in [3.8, 4) is 5.75 Å². The monoisotopic (exact) mass is 456 g/mol. The van der Waals surface area contributed by atoms with Crippen molar-refractivity contribution in [1.29, 1.82) is 0 Å². The molecule has 0 aliphatic carbocycles. The first-order valence-corrected chi connectivity index (χ1v) is 12.5. The van der Waals surface area contributed by atoms with Crippen molar-refractivity contribution in [3.05, 3.63) is 65.7 Å². The number of rotatable bonds is 13. The van der Waals surface area contributed by atoms with Gasteiger partial charge in [-0.3, -0.25) is 9.59 Å². The van der Waals surface area contributed by atoms with E-state index in [1.807, 2.05) is 63.2 Å². The van der Waals surface area contributed by atoms with Crippen molar-refractivity contribution in [3.63, 3.8) is 0 Å². The van der Waals surface area contributed by atoms with E-state index in [1.54, 1.807) is 23.8 Å². The standard InChI is InChI=1S/C26H36N2O3S/c1-5-20(3)27-26(30)24(6-2)28(17-16-21-10-8-7-9-11-21)25(29)19-32-18-22-12-14-23(31-4)15-13-22/h7-15,20,24H,5-6,16-19H2,1-4H3,(H,27,30)/t20-,24-/m1/s1. The van der Waals surface area contributed by atoms with Gasteiger partial charge in [-0.25, -0.2) is 0 Å². The molecule has 0 aliphatic rings. The highest BCUT2D eigenvalue weighted by molar-refractivity contribution is 7.99. The molecule has 0 saturated carbocycles.